The second-order valence-corrected chi connectivity index (χ2v) is 7.07. The average Bonchev–Trinajstić information content (AvgIpc) is 2.49. The number of rotatable bonds is 5. The highest BCUT2D eigenvalue weighted by Gasteiger charge is 2.13. The lowest BCUT2D eigenvalue weighted by atomic mass is 10.1. The van der Waals surface area contributed by atoms with Gasteiger partial charge in [0.25, 0.3) is 5.91 Å². The Balaban J connectivity index is 2.07. The molecule has 0 spiro atoms. The number of amides is 1. The van der Waals surface area contributed by atoms with E-state index in [9.17, 15) is 22.0 Å². The van der Waals surface area contributed by atoms with E-state index in [4.69, 9.17) is 0 Å². The molecule has 128 valence electrons. The molecule has 2 aromatic carbocycles. The van der Waals surface area contributed by atoms with Crippen LogP contribution < -0.4 is 10.0 Å². The van der Waals surface area contributed by atoms with E-state index < -0.39 is 33.6 Å². The van der Waals surface area contributed by atoms with Crippen LogP contribution in [0.15, 0.2) is 42.5 Å². The molecule has 0 bridgehead atoms. The zero-order chi connectivity index (χ0) is 17.9. The first-order valence-corrected chi connectivity index (χ1v) is 8.88. The Morgan fingerprint density at radius 2 is 1.67 bits per heavy atom. The van der Waals surface area contributed by atoms with Gasteiger partial charge in [-0.2, -0.15) is 0 Å². The largest absolute Gasteiger partial charge is 0.346 e. The number of benzene rings is 2. The molecule has 8 heteroatoms. The lowest BCUT2D eigenvalue weighted by Gasteiger charge is -2.15. The van der Waals surface area contributed by atoms with Crippen molar-refractivity contribution in [2.45, 2.75) is 13.0 Å². The summed E-state index contributed by atoms with van der Waals surface area (Å²) in [5.41, 5.74) is 1.07. The summed E-state index contributed by atoms with van der Waals surface area (Å²) in [5, 5.41) is 2.66. The van der Waals surface area contributed by atoms with Gasteiger partial charge in [0.15, 0.2) is 11.6 Å². The number of anilines is 1. The summed E-state index contributed by atoms with van der Waals surface area (Å²) in [6.07, 6.45) is 1.02. The maximum Gasteiger partial charge on any atom is 0.251 e. The highest BCUT2D eigenvalue weighted by molar-refractivity contribution is 7.92. The number of sulfonamides is 1. The van der Waals surface area contributed by atoms with E-state index in [2.05, 4.69) is 10.0 Å². The molecule has 0 aromatic heterocycles. The second-order valence-electron chi connectivity index (χ2n) is 5.32. The molecule has 2 aromatic rings. The molecule has 0 radical (unpaired) electrons. The Hall–Kier alpha value is -2.48. The van der Waals surface area contributed by atoms with E-state index in [1.807, 2.05) is 0 Å². The maximum atomic E-state index is 13.2. The molecule has 5 nitrogen and oxygen atoms in total. The van der Waals surface area contributed by atoms with Crippen molar-refractivity contribution in [2.24, 2.45) is 0 Å². The van der Waals surface area contributed by atoms with Gasteiger partial charge in [0.05, 0.1) is 12.3 Å². The molecule has 0 saturated carbocycles. The third kappa shape index (κ3) is 4.76. The number of hydrogen-bond donors (Lipinski definition) is 2. The van der Waals surface area contributed by atoms with E-state index in [1.165, 1.54) is 30.3 Å². The van der Waals surface area contributed by atoms with Crippen molar-refractivity contribution in [3.05, 3.63) is 65.2 Å². The van der Waals surface area contributed by atoms with Gasteiger partial charge in [0.2, 0.25) is 10.0 Å². The lowest BCUT2D eigenvalue weighted by Crippen LogP contribution is -2.26. The van der Waals surface area contributed by atoms with Crippen LogP contribution in [0.2, 0.25) is 0 Å². The average molecular weight is 354 g/mol. The molecule has 0 unspecified atom stereocenters. The van der Waals surface area contributed by atoms with Crippen LogP contribution in [-0.2, 0) is 10.0 Å². The minimum absolute atomic E-state index is 0.309. The van der Waals surface area contributed by atoms with Gasteiger partial charge in [-0.3, -0.25) is 9.52 Å². The molecule has 0 aliphatic heterocycles. The molecule has 0 heterocycles. The highest BCUT2D eigenvalue weighted by atomic mass is 32.2. The minimum atomic E-state index is -3.39. The standard InChI is InChI=1S/C16H16F2N2O3S/c1-10(12-5-8-14(17)15(18)9-12)19-16(21)11-3-6-13(7-4-11)20-24(2,22)23/h3-10,20H,1-2H3,(H,19,21)/t10-/m1/s1. The van der Waals surface area contributed by atoms with Gasteiger partial charge in [-0.25, -0.2) is 17.2 Å². The fourth-order valence-corrected chi connectivity index (χ4v) is 2.61. The predicted octanol–water partition coefficient (Wildman–Crippen LogP) is 2.83. The van der Waals surface area contributed by atoms with Crippen molar-refractivity contribution in [2.75, 3.05) is 11.0 Å². The Kier molecular flexibility index (Phi) is 5.18. The number of carbonyl (C=O) groups is 1. The summed E-state index contributed by atoms with van der Waals surface area (Å²) < 4.78 is 50.7. The van der Waals surface area contributed by atoms with E-state index in [1.54, 1.807) is 6.92 Å². The van der Waals surface area contributed by atoms with Crippen molar-refractivity contribution in [1.29, 1.82) is 0 Å². The van der Waals surface area contributed by atoms with Crippen molar-refractivity contribution >= 4 is 21.6 Å². The zero-order valence-electron chi connectivity index (χ0n) is 13.0. The van der Waals surface area contributed by atoms with Crippen LogP contribution in [0.4, 0.5) is 14.5 Å². The van der Waals surface area contributed by atoms with Gasteiger partial charge in [-0.1, -0.05) is 6.07 Å². The molecule has 0 fully saturated rings. The summed E-state index contributed by atoms with van der Waals surface area (Å²) in [6, 6.07) is 8.72. The Labute approximate surface area is 138 Å². The fourth-order valence-electron chi connectivity index (χ4n) is 2.05. The first kappa shape index (κ1) is 17.9. The number of halogens is 2. The quantitative estimate of drug-likeness (QED) is 0.867. The number of carbonyl (C=O) groups excluding carboxylic acids is 1. The van der Waals surface area contributed by atoms with Gasteiger partial charge in [-0.05, 0) is 48.9 Å². The van der Waals surface area contributed by atoms with Gasteiger partial charge in [-0.15, -0.1) is 0 Å². The van der Waals surface area contributed by atoms with Crippen LogP contribution in [-0.4, -0.2) is 20.6 Å². The van der Waals surface area contributed by atoms with Gasteiger partial charge in [0, 0.05) is 11.3 Å². The van der Waals surface area contributed by atoms with Crippen molar-refractivity contribution in [3.63, 3.8) is 0 Å². The molecule has 1 atom stereocenters. The van der Waals surface area contributed by atoms with Gasteiger partial charge in [0.1, 0.15) is 0 Å². The van der Waals surface area contributed by atoms with Crippen LogP contribution in [0, 0.1) is 11.6 Å². The Bertz CT molecular complexity index is 852. The summed E-state index contributed by atoms with van der Waals surface area (Å²) in [7, 11) is -3.39. The normalized spacial score (nSPS) is 12.5. The molecule has 2 N–H and O–H groups in total. The molecule has 0 aliphatic carbocycles. The number of hydrogen-bond acceptors (Lipinski definition) is 3. The van der Waals surface area contributed by atoms with E-state index in [0.29, 0.717) is 16.8 Å². The Morgan fingerprint density at radius 3 is 2.21 bits per heavy atom. The summed E-state index contributed by atoms with van der Waals surface area (Å²) in [5.74, 6) is -2.35. The van der Waals surface area contributed by atoms with E-state index in [0.717, 1.165) is 18.4 Å². The first-order valence-electron chi connectivity index (χ1n) is 6.99. The monoisotopic (exact) mass is 354 g/mol. The molecule has 2 rings (SSSR count). The molecular formula is C16H16F2N2O3S. The SMILES string of the molecule is C[C@@H](NC(=O)c1ccc(NS(C)(=O)=O)cc1)c1ccc(F)c(F)c1. The van der Waals surface area contributed by atoms with Crippen molar-refractivity contribution < 1.29 is 22.0 Å². The smallest absolute Gasteiger partial charge is 0.251 e. The van der Waals surface area contributed by atoms with E-state index in [-0.39, 0.29) is 0 Å². The van der Waals surface area contributed by atoms with Gasteiger partial charge >= 0.3 is 0 Å². The minimum Gasteiger partial charge on any atom is -0.346 e. The summed E-state index contributed by atoms with van der Waals surface area (Å²) >= 11 is 0. The highest BCUT2D eigenvalue weighted by Crippen LogP contribution is 2.17. The van der Waals surface area contributed by atoms with Crippen LogP contribution in [0.3, 0.4) is 0 Å². The van der Waals surface area contributed by atoms with E-state index >= 15 is 0 Å². The predicted molar refractivity (Wildman–Crippen MR) is 87.1 cm³/mol. The maximum absolute atomic E-state index is 13.2. The Morgan fingerprint density at radius 1 is 1.04 bits per heavy atom. The van der Waals surface area contributed by atoms with Crippen LogP contribution in [0.5, 0.6) is 0 Å². The molecule has 24 heavy (non-hydrogen) atoms. The fraction of sp³-hybridized carbons (Fsp3) is 0.188. The van der Waals surface area contributed by atoms with Crippen LogP contribution in [0.25, 0.3) is 0 Å². The number of nitrogens with one attached hydrogen (secondary N) is 2. The third-order valence-electron chi connectivity index (χ3n) is 3.24. The first-order chi connectivity index (χ1) is 11.2. The molecule has 0 saturated heterocycles. The van der Waals surface area contributed by atoms with Crippen LogP contribution >= 0.6 is 0 Å². The zero-order valence-corrected chi connectivity index (χ0v) is 13.8. The topological polar surface area (TPSA) is 75.3 Å². The van der Waals surface area contributed by atoms with Gasteiger partial charge < -0.3 is 5.32 Å². The second kappa shape index (κ2) is 6.96. The third-order valence-corrected chi connectivity index (χ3v) is 3.85. The van der Waals surface area contributed by atoms with Crippen molar-refractivity contribution in [3.8, 4) is 0 Å². The molecule has 0 aliphatic rings. The van der Waals surface area contributed by atoms with Crippen LogP contribution in [0.1, 0.15) is 28.9 Å². The molecular weight excluding hydrogens is 338 g/mol. The van der Waals surface area contributed by atoms with Crippen molar-refractivity contribution in [1.82, 2.24) is 5.32 Å². The summed E-state index contributed by atoms with van der Waals surface area (Å²) in [6.45, 7) is 1.64. The molecule has 1 amide bonds. The lowest BCUT2D eigenvalue weighted by molar-refractivity contribution is 0.0940. The summed E-state index contributed by atoms with van der Waals surface area (Å²) in [4.78, 5) is 12.2.